The van der Waals surface area contributed by atoms with Crippen LogP contribution in [0.15, 0.2) is 78.9 Å². The van der Waals surface area contributed by atoms with Gasteiger partial charge < -0.3 is 0 Å². The topological polar surface area (TPSA) is 0 Å². The minimum absolute atomic E-state index is 0.648. The van der Waals surface area contributed by atoms with Crippen molar-refractivity contribution in [3.63, 3.8) is 0 Å². The first-order valence-electron chi connectivity index (χ1n) is 18.9. The summed E-state index contributed by atoms with van der Waals surface area (Å²) in [5.41, 5.74) is 20.4. The van der Waals surface area contributed by atoms with Gasteiger partial charge in [0.2, 0.25) is 0 Å². The predicted molar refractivity (Wildman–Crippen MR) is 202 cm³/mol. The lowest BCUT2D eigenvalue weighted by Crippen LogP contribution is -2.33. The Morgan fingerprint density at radius 3 is 2.19 bits per heavy atom. The van der Waals surface area contributed by atoms with Crippen LogP contribution < -0.4 is 0 Å². The Balaban J connectivity index is 1.06. The fraction of sp³-hybridized carbons (Fsp3) is 0.447. The summed E-state index contributed by atoms with van der Waals surface area (Å²) in [7, 11) is 0. The van der Waals surface area contributed by atoms with Crippen molar-refractivity contribution in [3.05, 3.63) is 123 Å². The molecule has 242 valence electrons. The van der Waals surface area contributed by atoms with Crippen LogP contribution in [0.4, 0.5) is 0 Å². The van der Waals surface area contributed by atoms with E-state index in [2.05, 4.69) is 102 Å². The molecule has 47 heavy (non-hydrogen) atoms. The first-order chi connectivity index (χ1) is 22.8. The van der Waals surface area contributed by atoms with Gasteiger partial charge in [0, 0.05) is 5.92 Å². The van der Waals surface area contributed by atoms with Gasteiger partial charge in [0.25, 0.3) is 0 Å². The van der Waals surface area contributed by atoms with Crippen molar-refractivity contribution < 1.29 is 0 Å². The standard InChI is InChI=1S/C47H54/c1-7-30(5)37-22-38(23-37)32-12-14-34(15-13-32)44-27-43(33-16-17-33)41-19-18-36(25-46(41)44)39-24-40-21-31(6)42(20-28(2)3)47(45(40)26-39)35-10-8-29(4)9-11-35/h8-11,18-19,21,24-25,27,32-34,37-38,43H,2,5,7,12-17,20,22-23,26H2,1,3-4,6H3. The second kappa shape index (κ2) is 12.3. The maximum atomic E-state index is 4.36. The zero-order valence-corrected chi connectivity index (χ0v) is 29.4. The molecule has 0 nitrogen and oxygen atoms in total. The van der Waals surface area contributed by atoms with Gasteiger partial charge in [0.05, 0.1) is 0 Å². The molecule has 1 atom stereocenters. The summed E-state index contributed by atoms with van der Waals surface area (Å²) in [6.45, 7) is 17.6. The first kappa shape index (κ1) is 30.9. The minimum atomic E-state index is 0.648. The molecule has 5 aliphatic rings. The third kappa shape index (κ3) is 5.75. The van der Waals surface area contributed by atoms with Crippen LogP contribution in [0, 0.1) is 43.4 Å². The van der Waals surface area contributed by atoms with Crippen molar-refractivity contribution in [2.45, 2.75) is 104 Å². The van der Waals surface area contributed by atoms with E-state index < -0.39 is 0 Å². The van der Waals surface area contributed by atoms with E-state index in [1.807, 2.05) is 0 Å². The van der Waals surface area contributed by atoms with Crippen LogP contribution in [0.3, 0.4) is 0 Å². The van der Waals surface area contributed by atoms with Gasteiger partial charge in [0.1, 0.15) is 0 Å². The number of fused-ring (bicyclic) bond motifs is 2. The maximum Gasteiger partial charge on any atom is 0.00584 e. The highest BCUT2D eigenvalue weighted by molar-refractivity contribution is 5.94. The van der Waals surface area contributed by atoms with Crippen molar-refractivity contribution in [2.24, 2.45) is 29.6 Å². The highest BCUT2D eigenvalue weighted by Crippen LogP contribution is 2.55. The summed E-state index contributed by atoms with van der Waals surface area (Å²) < 4.78 is 0. The summed E-state index contributed by atoms with van der Waals surface area (Å²) in [5.74, 6) is 4.97. The largest absolute Gasteiger partial charge is 0.0998 e. The third-order valence-corrected chi connectivity index (χ3v) is 13.0. The lowest BCUT2D eigenvalue weighted by molar-refractivity contribution is 0.108. The molecule has 0 heteroatoms. The molecule has 0 N–H and O–H groups in total. The maximum absolute atomic E-state index is 4.36. The van der Waals surface area contributed by atoms with E-state index in [0.29, 0.717) is 5.92 Å². The number of rotatable bonds is 9. The van der Waals surface area contributed by atoms with Gasteiger partial charge in [-0.15, -0.1) is 0 Å². The molecule has 0 aliphatic heterocycles. The van der Waals surface area contributed by atoms with Gasteiger partial charge in [-0.05, 0) is 188 Å². The number of allylic oxidation sites excluding steroid dienone is 5. The Hall–Kier alpha value is -3.38. The third-order valence-electron chi connectivity index (χ3n) is 13.0. The molecule has 0 spiro atoms. The van der Waals surface area contributed by atoms with E-state index >= 15 is 0 Å². The summed E-state index contributed by atoms with van der Waals surface area (Å²) >= 11 is 0. The lowest BCUT2D eigenvalue weighted by atomic mass is 9.61. The van der Waals surface area contributed by atoms with Gasteiger partial charge >= 0.3 is 0 Å². The molecule has 3 fully saturated rings. The van der Waals surface area contributed by atoms with E-state index in [1.54, 1.807) is 16.7 Å². The van der Waals surface area contributed by atoms with E-state index in [1.165, 1.54) is 113 Å². The second-order valence-corrected chi connectivity index (χ2v) is 16.3. The highest BCUT2D eigenvalue weighted by atomic mass is 14.5. The van der Waals surface area contributed by atoms with Crippen LogP contribution in [0.2, 0.25) is 0 Å². The van der Waals surface area contributed by atoms with E-state index in [9.17, 15) is 0 Å². The fourth-order valence-corrected chi connectivity index (χ4v) is 9.90. The molecule has 5 aliphatic carbocycles. The quantitative estimate of drug-likeness (QED) is 0.209. The van der Waals surface area contributed by atoms with Crippen molar-refractivity contribution in [1.82, 2.24) is 0 Å². The van der Waals surface area contributed by atoms with Crippen LogP contribution in [-0.4, -0.2) is 0 Å². The summed E-state index contributed by atoms with van der Waals surface area (Å²) in [6, 6.07) is 19.2. The molecule has 0 saturated heterocycles. The van der Waals surface area contributed by atoms with Crippen LogP contribution >= 0.6 is 0 Å². The Labute approximate surface area is 284 Å². The molecule has 0 aromatic heterocycles. The predicted octanol–water partition coefficient (Wildman–Crippen LogP) is 12.9. The van der Waals surface area contributed by atoms with Gasteiger partial charge in [-0.25, -0.2) is 0 Å². The summed E-state index contributed by atoms with van der Waals surface area (Å²) in [6.07, 6.45) is 19.6. The van der Waals surface area contributed by atoms with E-state index in [0.717, 1.165) is 48.9 Å². The molecule has 0 amide bonds. The molecular formula is C47H54. The van der Waals surface area contributed by atoms with Crippen molar-refractivity contribution in [2.75, 3.05) is 0 Å². The molecule has 3 aromatic carbocycles. The zero-order valence-electron chi connectivity index (χ0n) is 29.4. The number of benzene rings is 3. The minimum Gasteiger partial charge on any atom is -0.0998 e. The Kier molecular flexibility index (Phi) is 8.06. The van der Waals surface area contributed by atoms with Gasteiger partial charge in [0.15, 0.2) is 0 Å². The molecule has 8 rings (SSSR count). The second-order valence-electron chi connectivity index (χ2n) is 16.3. The monoisotopic (exact) mass is 618 g/mol. The Morgan fingerprint density at radius 1 is 0.809 bits per heavy atom. The van der Waals surface area contributed by atoms with Crippen LogP contribution in [-0.2, 0) is 12.8 Å². The zero-order chi connectivity index (χ0) is 32.4. The first-order valence-corrected chi connectivity index (χ1v) is 18.9. The number of hydrogen-bond acceptors (Lipinski definition) is 0. The molecule has 0 bridgehead atoms. The van der Waals surface area contributed by atoms with Crippen molar-refractivity contribution in [3.8, 4) is 11.1 Å². The van der Waals surface area contributed by atoms with Crippen LogP contribution in [0.25, 0.3) is 28.3 Å². The average molecular weight is 619 g/mol. The van der Waals surface area contributed by atoms with E-state index in [-0.39, 0.29) is 0 Å². The molecule has 3 aromatic rings. The Bertz CT molecular complexity index is 1790. The van der Waals surface area contributed by atoms with Crippen molar-refractivity contribution >= 4 is 17.2 Å². The number of hydrogen-bond donors (Lipinski definition) is 0. The van der Waals surface area contributed by atoms with Crippen LogP contribution in [0.5, 0.6) is 0 Å². The molecule has 0 heterocycles. The van der Waals surface area contributed by atoms with Gasteiger partial charge in [-0.3, -0.25) is 0 Å². The van der Waals surface area contributed by atoms with Gasteiger partial charge in [-0.2, -0.15) is 0 Å². The average Bonchev–Trinajstić information content (AvgIpc) is 3.69. The van der Waals surface area contributed by atoms with Gasteiger partial charge in [-0.1, -0.05) is 91.4 Å². The normalized spacial score (nSPS) is 26.3. The Morgan fingerprint density at radius 2 is 1.51 bits per heavy atom. The fourth-order valence-electron chi connectivity index (χ4n) is 9.90. The van der Waals surface area contributed by atoms with E-state index in [4.69, 9.17) is 0 Å². The molecular weight excluding hydrogens is 565 g/mol. The lowest BCUT2D eigenvalue weighted by Gasteiger charge is -2.44. The molecule has 0 radical (unpaired) electrons. The number of aryl methyl sites for hydroxylation is 2. The summed E-state index contributed by atoms with van der Waals surface area (Å²) in [4.78, 5) is 0. The van der Waals surface area contributed by atoms with Crippen LogP contribution in [0.1, 0.15) is 122 Å². The van der Waals surface area contributed by atoms with Crippen molar-refractivity contribution in [1.29, 1.82) is 0 Å². The molecule has 3 saturated carbocycles. The SMILES string of the molecule is C=C(C)Cc1c(C)cc2c(c1-c1ccc(C)cc1)CC(c1ccc3c(c1)C(C1CCC(C4CC(C(=C)CC)C4)CC1)=CC3C1CC1)=C2. The highest BCUT2D eigenvalue weighted by Gasteiger charge is 2.41. The summed E-state index contributed by atoms with van der Waals surface area (Å²) in [5, 5.41) is 0. The molecule has 1 unspecified atom stereocenters. The smallest absolute Gasteiger partial charge is 0.00584 e.